The van der Waals surface area contributed by atoms with Crippen LogP contribution in [0.25, 0.3) is 0 Å². The van der Waals surface area contributed by atoms with Gasteiger partial charge < -0.3 is 24.1 Å². The van der Waals surface area contributed by atoms with E-state index in [-0.39, 0.29) is 0 Å². The molecule has 0 N–H and O–H groups in total. The normalized spacial score (nSPS) is 14.3. The van der Waals surface area contributed by atoms with Gasteiger partial charge in [0, 0.05) is 58.5 Å². The summed E-state index contributed by atoms with van der Waals surface area (Å²) in [6.07, 6.45) is 4.26. The standard InChI is InChI=1S/C26H35Cl2N3O3/c1-29(20-33-2)25-19-22(11-10-21(25)7-6-17-32)34-18-4-3-12-30-13-15-31(16-14-30)24-9-5-8-23(27)26(24)28/h5,8-11,17,19H,3-4,6-7,12-16,18,20H2,1-2H3. The Labute approximate surface area is 213 Å². The number of carbonyl (C=O) groups excluding carboxylic acids is 1. The molecule has 0 amide bonds. The number of carbonyl (C=O) groups is 1. The fraction of sp³-hybridized carbons (Fsp3) is 0.500. The second kappa shape index (κ2) is 13.8. The van der Waals surface area contributed by atoms with Crippen molar-refractivity contribution in [3.8, 4) is 5.75 Å². The van der Waals surface area contributed by atoms with Gasteiger partial charge in [-0.15, -0.1) is 0 Å². The van der Waals surface area contributed by atoms with Gasteiger partial charge in [-0.25, -0.2) is 0 Å². The van der Waals surface area contributed by atoms with Gasteiger partial charge in [-0.05, 0) is 49.6 Å². The van der Waals surface area contributed by atoms with E-state index in [2.05, 4.69) is 9.80 Å². The summed E-state index contributed by atoms with van der Waals surface area (Å²) in [7, 11) is 3.65. The van der Waals surface area contributed by atoms with Crippen LogP contribution in [-0.2, 0) is 16.0 Å². The molecule has 3 rings (SSSR count). The van der Waals surface area contributed by atoms with E-state index in [4.69, 9.17) is 32.7 Å². The molecule has 1 saturated heterocycles. The minimum Gasteiger partial charge on any atom is -0.494 e. The largest absolute Gasteiger partial charge is 0.494 e. The molecule has 0 aliphatic carbocycles. The van der Waals surface area contributed by atoms with Crippen LogP contribution in [0.4, 0.5) is 11.4 Å². The first-order valence-electron chi connectivity index (χ1n) is 11.8. The lowest BCUT2D eigenvalue weighted by molar-refractivity contribution is -0.107. The molecule has 1 aliphatic rings. The van der Waals surface area contributed by atoms with Crippen LogP contribution in [0.2, 0.25) is 10.0 Å². The van der Waals surface area contributed by atoms with Crippen LogP contribution in [-0.4, -0.2) is 71.4 Å². The van der Waals surface area contributed by atoms with E-state index in [9.17, 15) is 4.79 Å². The summed E-state index contributed by atoms with van der Waals surface area (Å²) in [5.74, 6) is 0.847. The summed E-state index contributed by atoms with van der Waals surface area (Å²) in [6.45, 7) is 6.15. The second-order valence-electron chi connectivity index (χ2n) is 8.57. The molecule has 2 aromatic carbocycles. The molecule has 186 valence electrons. The first-order valence-corrected chi connectivity index (χ1v) is 12.6. The van der Waals surface area contributed by atoms with Gasteiger partial charge in [-0.2, -0.15) is 0 Å². The number of unbranched alkanes of at least 4 members (excludes halogenated alkanes) is 1. The van der Waals surface area contributed by atoms with E-state index in [1.165, 1.54) is 0 Å². The highest BCUT2D eigenvalue weighted by molar-refractivity contribution is 6.43. The molecule has 1 fully saturated rings. The van der Waals surface area contributed by atoms with Crippen LogP contribution in [0, 0.1) is 0 Å². The summed E-state index contributed by atoms with van der Waals surface area (Å²) < 4.78 is 11.3. The summed E-state index contributed by atoms with van der Waals surface area (Å²) in [6, 6.07) is 11.9. The Bertz CT molecular complexity index is 920. The number of aryl methyl sites for hydroxylation is 1. The average Bonchev–Trinajstić information content (AvgIpc) is 2.85. The van der Waals surface area contributed by atoms with E-state index >= 15 is 0 Å². The summed E-state index contributed by atoms with van der Waals surface area (Å²) in [5, 5.41) is 1.25. The number of nitrogens with zero attached hydrogens (tertiary/aromatic N) is 3. The van der Waals surface area contributed by atoms with Crippen LogP contribution in [0.3, 0.4) is 0 Å². The first-order chi connectivity index (χ1) is 16.5. The highest BCUT2D eigenvalue weighted by Crippen LogP contribution is 2.33. The van der Waals surface area contributed by atoms with Gasteiger partial charge >= 0.3 is 0 Å². The average molecular weight is 508 g/mol. The predicted molar refractivity (Wildman–Crippen MR) is 141 cm³/mol. The zero-order valence-electron chi connectivity index (χ0n) is 20.1. The number of anilines is 2. The smallest absolute Gasteiger partial charge is 0.121 e. The minimum absolute atomic E-state index is 0.480. The Morgan fingerprint density at radius 1 is 1.09 bits per heavy atom. The van der Waals surface area contributed by atoms with Crippen molar-refractivity contribution < 1.29 is 14.3 Å². The summed E-state index contributed by atoms with van der Waals surface area (Å²) >= 11 is 12.6. The molecule has 0 radical (unpaired) electrons. The fourth-order valence-electron chi connectivity index (χ4n) is 4.25. The van der Waals surface area contributed by atoms with E-state index in [1.54, 1.807) is 7.11 Å². The molecular weight excluding hydrogens is 473 g/mol. The van der Waals surface area contributed by atoms with Crippen molar-refractivity contribution in [2.45, 2.75) is 25.7 Å². The molecule has 0 atom stereocenters. The molecular formula is C26H35Cl2N3O3. The zero-order valence-corrected chi connectivity index (χ0v) is 21.7. The maximum atomic E-state index is 10.8. The van der Waals surface area contributed by atoms with Crippen molar-refractivity contribution in [3.05, 3.63) is 52.0 Å². The van der Waals surface area contributed by atoms with Crippen molar-refractivity contribution in [1.29, 1.82) is 0 Å². The van der Waals surface area contributed by atoms with Crippen molar-refractivity contribution in [2.75, 3.05) is 70.0 Å². The number of hydrogen-bond acceptors (Lipinski definition) is 6. The second-order valence-corrected chi connectivity index (χ2v) is 9.35. The number of aldehydes is 1. The maximum absolute atomic E-state index is 10.8. The van der Waals surface area contributed by atoms with Crippen LogP contribution in [0.15, 0.2) is 36.4 Å². The SMILES string of the molecule is COCN(C)c1cc(OCCCCN2CCN(c3cccc(Cl)c3Cl)CC2)ccc1CCC=O. The van der Waals surface area contributed by atoms with E-state index in [0.717, 1.165) is 74.5 Å². The number of ether oxygens (including phenoxy) is 2. The lowest BCUT2D eigenvalue weighted by Gasteiger charge is -2.36. The summed E-state index contributed by atoms with van der Waals surface area (Å²) in [4.78, 5) is 17.6. The molecule has 2 aromatic rings. The Balaban J connectivity index is 1.40. The molecule has 0 bridgehead atoms. The van der Waals surface area contributed by atoms with Gasteiger partial charge in [0.2, 0.25) is 0 Å². The third-order valence-corrected chi connectivity index (χ3v) is 6.91. The molecule has 8 heteroatoms. The number of rotatable bonds is 13. The monoisotopic (exact) mass is 507 g/mol. The Morgan fingerprint density at radius 2 is 1.88 bits per heavy atom. The Kier molecular flexibility index (Phi) is 10.8. The van der Waals surface area contributed by atoms with Crippen LogP contribution >= 0.6 is 23.2 Å². The van der Waals surface area contributed by atoms with E-state index in [1.807, 2.05) is 48.3 Å². The third kappa shape index (κ3) is 7.51. The van der Waals surface area contributed by atoms with Gasteiger partial charge in [-0.1, -0.05) is 35.3 Å². The fourth-order valence-corrected chi connectivity index (χ4v) is 4.67. The van der Waals surface area contributed by atoms with Gasteiger partial charge in [0.1, 0.15) is 18.8 Å². The lowest BCUT2D eigenvalue weighted by Crippen LogP contribution is -2.46. The van der Waals surface area contributed by atoms with Gasteiger partial charge in [0.05, 0.1) is 22.3 Å². The quantitative estimate of drug-likeness (QED) is 0.212. The van der Waals surface area contributed by atoms with Gasteiger partial charge in [-0.3, -0.25) is 4.90 Å². The highest BCUT2D eigenvalue weighted by atomic mass is 35.5. The van der Waals surface area contributed by atoms with E-state index in [0.29, 0.717) is 36.2 Å². The Hall–Kier alpha value is -1.99. The van der Waals surface area contributed by atoms with Crippen molar-refractivity contribution in [2.24, 2.45) is 0 Å². The van der Waals surface area contributed by atoms with E-state index < -0.39 is 0 Å². The maximum Gasteiger partial charge on any atom is 0.121 e. The number of piperazine rings is 1. The third-order valence-electron chi connectivity index (χ3n) is 6.10. The minimum atomic E-state index is 0.480. The molecule has 1 aliphatic heterocycles. The molecule has 0 saturated carbocycles. The van der Waals surface area contributed by atoms with Crippen molar-refractivity contribution >= 4 is 40.9 Å². The number of halogens is 2. The molecule has 1 heterocycles. The molecule has 6 nitrogen and oxygen atoms in total. The number of methoxy groups -OCH3 is 1. The number of benzene rings is 2. The molecule has 0 spiro atoms. The van der Waals surface area contributed by atoms with Crippen molar-refractivity contribution in [1.82, 2.24) is 4.90 Å². The first kappa shape index (κ1) is 26.6. The summed E-state index contributed by atoms with van der Waals surface area (Å²) in [5.41, 5.74) is 3.19. The molecule has 0 unspecified atom stereocenters. The topological polar surface area (TPSA) is 45.3 Å². The van der Waals surface area contributed by atoms with Gasteiger partial charge in [0.25, 0.3) is 0 Å². The van der Waals surface area contributed by atoms with Crippen molar-refractivity contribution in [3.63, 3.8) is 0 Å². The molecule has 0 aromatic heterocycles. The van der Waals surface area contributed by atoms with Crippen LogP contribution in [0.1, 0.15) is 24.8 Å². The van der Waals surface area contributed by atoms with Crippen LogP contribution in [0.5, 0.6) is 5.75 Å². The lowest BCUT2D eigenvalue weighted by atomic mass is 10.1. The Morgan fingerprint density at radius 3 is 2.62 bits per heavy atom. The van der Waals surface area contributed by atoms with Crippen LogP contribution < -0.4 is 14.5 Å². The highest BCUT2D eigenvalue weighted by Gasteiger charge is 2.19. The molecule has 34 heavy (non-hydrogen) atoms. The zero-order chi connectivity index (χ0) is 24.3. The van der Waals surface area contributed by atoms with Gasteiger partial charge in [0.15, 0.2) is 0 Å². The number of hydrogen-bond donors (Lipinski definition) is 0. The predicted octanol–water partition coefficient (Wildman–Crippen LogP) is 5.15.